The van der Waals surface area contributed by atoms with Gasteiger partial charge in [0.25, 0.3) is 0 Å². The molecular formula is C16H14O3. The van der Waals surface area contributed by atoms with Crippen molar-refractivity contribution in [2.75, 3.05) is 0 Å². The van der Waals surface area contributed by atoms with Gasteiger partial charge in [-0.05, 0) is 28.7 Å². The molecule has 0 spiro atoms. The summed E-state index contributed by atoms with van der Waals surface area (Å²) in [6.07, 6.45) is 0.790. The summed E-state index contributed by atoms with van der Waals surface area (Å²) in [4.78, 5) is 23.0. The van der Waals surface area contributed by atoms with Crippen LogP contribution < -0.4 is 0 Å². The topological polar surface area (TPSA) is 43.4 Å². The number of cyclic esters (lactones) is 2. The Labute approximate surface area is 111 Å². The van der Waals surface area contributed by atoms with Gasteiger partial charge in [-0.2, -0.15) is 0 Å². The lowest BCUT2D eigenvalue weighted by Gasteiger charge is -2.26. The molecule has 1 fully saturated rings. The van der Waals surface area contributed by atoms with E-state index >= 15 is 0 Å². The Morgan fingerprint density at radius 1 is 1.05 bits per heavy atom. The number of carbonyl (C=O) groups is 2. The molecule has 1 heterocycles. The molecule has 0 N–H and O–H groups in total. The minimum Gasteiger partial charge on any atom is -0.393 e. The quantitative estimate of drug-likeness (QED) is 0.571. The van der Waals surface area contributed by atoms with Gasteiger partial charge in [-0.25, -0.2) is 0 Å². The zero-order chi connectivity index (χ0) is 13.6. The van der Waals surface area contributed by atoms with Crippen LogP contribution in [-0.4, -0.2) is 11.9 Å². The lowest BCUT2D eigenvalue weighted by atomic mass is 9.81. The molecule has 1 aromatic rings. The van der Waals surface area contributed by atoms with Gasteiger partial charge in [0, 0.05) is 12.3 Å². The zero-order valence-corrected chi connectivity index (χ0v) is 10.5. The molecule has 0 aromatic heterocycles. The Morgan fingerprint density at radius 3 is 2.16 bits per heavy atom. The second-order valence-electron chi connectivity index (χ2n) is 5.01. The fraction of sp³-hybridized carbons (Fsp3) is 0.250. The monoisotopic (exact) mass is 254 g/mol. The molecule has 1 aliphatic carbocycles. The van der Waals surface area contributed by atoms with Gasteiger partial charge in [0.1, 0.15) is 0 Å². The van der Waals surface area contributed by atoms with E-state index in [1.807, 2.05) is 24.3 Å². The van der Waals surface area contributed by atoms with Gasteiger partial charge in [0.2, 0.25) is 0 Å². The van der Waals surface area contributed by atoms with Crippen LogP contribution in [0.4, 0.5) is 0 Å². The van der Waals surface area contributed by atoms with Crippen molar-refractivity contribution in [2.45, 2.75) is 12.8 Å². The van der Waals surface area contributed by atoms with Crippen molar-refractivity contribution in [1.29, 1.82) is 0 Å². The number of hydrogen-bond donors (Lipinski definition) is 0. The van der Waals surface area contributed by atoms with Crippen molar-refractivity contribution in [1.82, 2.24) is 0 Å². The lowest BCUT2D eigenvalue weighted by Crippen LogP contribution is -2.32. The van der Waals surface area contributed by atoms with Crippen LogP contribution >= 0.6 is 0 Å². The zero-order valence-electron chi connectivity index (χ0n) is 10.5. The van der Waals surface area contributed by atoms with E-state index < -0.39 is 11.9 Å². The van der Waals surface area contributed by atoms with E-state index in [1.165, 1.54) is 0 Å². The highest BCUT2D eigenvalue weighted by molar-refractivity contribution is 5.99. The van der Waals surface area contributed by atoms with Crippen molar-refractivity contribution >= 4 is 23.1 Å². The Hall–Kier alpha value is -2.16. The van der Waals surface area contributed by atoms with E-state index in [0.29, 0.717) is 6.42 Å². The number of carbonyl (C=O) groups excluding carboxylic acids is 2. The van der Waals surface area contributed by atoms with Gasteiger partial charge in [-0.3, -0.25) is 9.59 Å². The standard InChI is InChI=1S/C16H14O3/c1-9-11-5-3-4-6-12(11)10(2)15(9)13-7-8-14(17)19-16(13)18/h3-6,13,15H,1-2,7-8H2. The van der Waals surface area contributed by atoms with Gasteiger partial charge in [-0.15, -0.1) is 0 Å². The number of rotatable bonds is 1. The van der Waals surface area contributed by atoms with E-state index in [0.717, 1.165) is 22.3 Å². The molecule has 0 bridgehead atoms. The average molecular weight is 254 g/mol. The van der Waals surface area contributed by atoms with Crippen LogP contribution in [0.3, 0.4) is 0 Å². The van der Waals surface area contributed by atoms with Crippen molar-refractivity contribution in [3.05, 3.63) is 48.6 Å². The molecular weight excluding hydrogens is 240 g/mol. The van der Waals surface area contributed by atoms with Crippen LogP contribution in [0.1, 0.15) is 24.0 Å². The van der Waals surface area contributed by atoms with Crippen molar-refractivity contribution in [3.63, 3.8) is 0 Å². The largest absolute Gasteiger partial charge is 0.393 e. The van der Waals surface area contributed by atoms with Crippen molar-refractivity contribution in [2.24, 2.45) is 11.8 Å². The third-order valence-corrected chi connectivity index (χ3v) is 3.95. The number of esters is 2. The molecule has 96 valence electrons. The summed E-state index contributed by atoms with van der Waals surface area (Å²) in [6, 6.07) is 7.87. The first kappa shape index (κ1) is 11.9. The van der Waals surface area contributed by atoms with E-state index in [4.69, 9.17) is 4.74 Å². The van der Waals surface area contributed by atoms with Crippen LogP contribution in [0.5, 0.6) is 0 Å². The summed E-state index contributed by atoms with van der Waals surface area (Å²) in [7, 11) is 0. The summed E-state index contributed by atoms with van der Waals surface area (Å²) in [5.41, 5.74) is 3.89. The maximum absolute atomic E-state index is 11.9. The van der Waals surface area contributed by atoms with Gasteiger partial charge in [0.15, 0.2) is 0 Å². The molecule has 1 atom stereocenters. The molecule has 0 radical (unpaired) electrons. The maximum Gasteiger partial charge on any atom is 0.317 e. The second-order valence-corrected chi connectivity index (χ2v) is 5.01. The molecule has 1 saturated heterocycles. The van der Waals surface area contributed by atoms with Gasteiger partial charge in [-0.1, -0.05) is 37.4 Å². The average Bonchev–Trinajstić information content (AvgIpc) is 2.64. The fourth-order valence-electron chi connectivity index (χ4n) is 3.01. The highest BCUT2D eigenvalue weighted by Gasteiger charge is 2.42. The van der Waals surface area contributed by atoms with E-state index in [2.05, 4.69) is 13.2 Å². The third-order valence-electron chi connectivity index (χ3n) is 3.95. The second kappa shape index (κ2) is 4.19. The highest BCUT2D eigenvalue weighted by atomic mass is 16.6. The predicted molar refractivity (Wildman–Crippen MR) is 71.8 cm³/mol. The minimum atomic E-state index is -0.448. The maximum atomic E-state index is 11.9. The first-order valence-electron chi connectivity index (χ1n) is 6.31. The first-order chi connectivity index (χ1) is 9.09. The van der Waals surface area contributed by atoms with Crippen LogP contribution in [0, 0.1) is 11.8 Å². The molecule has 3 rings (SSSR count). The molecule has 0 saturated carbocycles. The molecule has 0 amide bonds. The Bertz CT molecular complexity index is 577. The summed E-state index contributed by atoms with van der Waals surface area (Å²) in [5, 5.41) is 0. The van der Waals surface area contributed by atoms with Crippen LogP contribution in [0.25, 0.3) is 11.1 Å². The van der Waals surface area contributed by atoms with Gasteiger partial charge >= 0.3 is 11.9 Å². The summed E-state index contributed by atoms with van der Waals surface area (Å²) >= 11 is 0. The number of ether oxygens (including phenoxy) is 1. The molecule has 2 aliphatic rings. The predicted octanol–water partition coefficient (Wildman–Crippen LogP) is 2.82. The normalized spacial score (nSPS) is 23.5. The smallest absolute Gasteiger partial charge is 0.317 e. The van der Waals surface area contributed by atoms with E-state index in [9.17, 15) is 9.59 Å². The number of hydrogen-bond acceptors (Lipinski definition) is 3. The molecule has 3 nitrogen and oxygen atoms in total. The molecule has 1 aromatic carbocycles. The van der Waals surface area contributed by atoms with Crippen molar-refractivity contribution < 1.29 is 14.3 Å². The third kappa shape index (κ3) is 1.73. The minimum absolute atomic E-state index is 0.141. The Balaban J connectivity index is 1.96. The Kier molecular flexibility index (Phi) is 2.63. The fourth-order valence-corrected chi connectivity index (χ4v) is 3.01. The molecule has 19 heavy (non-hydrogen) atoms. The van der Waals surface area contributed by atoms with Crippen LogP contribution in [-0.2, 0) is 14.3 Å². The summed E-state index contributed by atoms with van der Waals surface area (Å²) < 4.78 is 4.75. The molecule has 1 aliphatic heterocycles. The van der Waals surface area contributed by atoms with E-state index in [-0.39, 0.29) is 18.3 Å². The highest BCUT2D eigenvalue weighted by Crippen LogP contribution is 2.49. The lowest BCUT2D eigenvalue weighted by molar-refractivity contribution is -0.167. The van der Waals surface area contributed by atoms with Gasteiger partial charge in [0.05, 0.1) is 5.92 Å². The van der Waals surface area contributed by atoms with Gasteiger partial charge < -0.3 is 4.74 Å². The van der Waals surface area contributed by atoms with Crippen molar-refractivity contribution in [3.8, 4) is 0 Å². The van der Waals surface area contributed by atoms with Crippen LogP contribution in [0.2, 0.25) is 0 Å². The number of fused-ring (bicyclic) bond motifs is 1. The van der Waals surface area contributed by atoms with E-state index in [1.54, 1.807) is 0 Å². The SMILES string of the molecule is C=C1c2ccccc2C(=C)C1C1CCC(=O)OC1=O. The number of benzene rings is 1. The summed E-state index contributed by atoms with van der Waals surface area (Å²) in [6.45, 7) is 8.20. The summed E-state index contributed by atoms with van der Waals surface area (Å²) in [5.74, 6) is -1.37. The number of allylic oxidation sites excluding steroid dienone is 2. The first-order valence-corrected chi connectivity index (χ1v) is 6.31. The van der Waals surface area contributed by atoms with Crippen LogP contribution in [0.15, 0.2) is 37.4 Å². The molecule has 1 unspecified atom stereocenters. The molecule has 3 heteroatoms. The Morgan fingerprint density at radius 2 is 1.63 bits per heavy atom.